The molecule has 3 aromatic rings. The van der Waals surface area contributed by atoms with Crippen molar-refractivity contribution >= 4 is 28.5 Å². The number of carbonyl (C=O) groups excluding carboxylic acids is 1. The van der Waals surface area contributed by atoms with Gasteiger partial charge in [0.2, 0.25) is 0 Å². The van der Waals surface area contributed by atoms with Crippen LogP contribution in [0.1, 0.15) is 24.5 Å². The average molecular weight is 387 g/mol. The van der Waals surface area contributed by atoms with Gasteiger partial charge >= 0.3 is 11.6 Å². The first-order chi connectivity index (χ1) is 13.0. The third-order valence-corrected chi connectivity index (χ3v) is 4.46. The summed E-state index contributed by atoms with van der Waals surface area (Å²) in [6, 6.07) is 11.6. The zero-order valence-electron chi connectivity index (χ0n) is 15.1. The molecule has 0 saturated carbocycles. The van der Waals surface area contributed by atoms with E-state index in [0.717, 1.165) is 29.4 Å². The predicted octanol–water partition coefficient (Wildman–Crippen LogP) is 4.69. The van der Waals surface area contributed by atoms with Gasteiger partial charge in [0.05, 0.1) is 0 Å². The smallest absolute Gasteiger partial charge is 0.349 e. The molecule has 0 spiro atoms. The Labute approximate surface area is 161 Å². The van der Waals surface area contributed by atoms with Crippen molar-refractivity contribution in [3.05, 3.63) is 69.0 Å². The fourth-order valence-corrected chi connectivity index (χ4v) is 2.88. The van der Waals surface area contributed by atoms with Gasteiger partial charge in [-0.25, -0.2) is 9.59 Å². The van der Waals surface area contributed by atoms with Crippen LogP contribution in [0.3, 0.4) is 0 Å². The molecule has 0 atom stereocenters. The number of benzene rings is 2. The van der Waals surface area contributed by atoms with Crippen LogP contribution in [-0.4, -0.2) is 12.6 Å². The minimum atomic E-state index is -0.561. The van der Waals surface area contributed by atoms with E-state index in [9.17, 15) is 9.59 Å². The molecule has 2 aromatic carbocycles. The van der Waals surface area contributed by atoms with Crippen LogP contribution in [0.2, 0.25) is 5.02 Å². The third kappa shape index (κ3) is 4.68. The number of rotatable bonds is 6. The first-order valence-electron chi connectivity index (χ1n) is 8.62. The van der Waals surface area contributed by atoms with Gasteiger partial charge < -0.3 is 13.9 Å². The molecule has 1 aromatic heterocycles. The summed E-state index contributed by atoms with van der Waals surface area (Å²) < 4.78 is 15.9. The zero-order valence-corrected chi connectivity index (χ0v) is 15.8. The van der Waals surface area contributed by atoms with Gasteiger partial charge in [-0.2, -0.15) is 0 Å². The Morgan fingerprint density at radius 1 is 1.11 bits per heavy atom. The van der Waals surface area contributed by atoms with Crippen molar-refractivity contribution in [2.45, 2.75) is 26.7 Å². The Morgan fingerprint density at radius 2 is 1.89 bits per heavy atom. The SMILES string of the molecule is CCCc1cc(=O)oc2cc(OC(=O)COc3ccc(Cl)c(C)c3)ccc12. The van der Waals surface area contributed by atoms with Crippen molar-refractivity contribution in [2.75, 3.05) is 6.61 Å². The first kappa shape index (κ1) is 19.0. The first-order valence-corrected chi connectivity index (χ1v) is 9.00. The van der Waals surface area contributed by atoms with E-state index in [1.54, 1.807) is 36.4 Å². The van der Waals surface area contributed by atoms with E-state index in [1.165, 1.54) is 6.07 Å². The summed E-state index contributed by atoms with van der Waals surface area (Å²) in [5, 5.41) is 1.47. The lowest BCUT2D eigenvalue weighted by Gasteiger charge is -2.09. The van der Waals surface area contributed by atoms with E-state index in [4.69, 9.17) is 25.5 Å². The van der Waals surface area contributed by atoms with E-state index < -0.39 is 11.6 Å². The maximum atomic E-state index is 12.0. The lowest BCUT2D eigenvalue weighted by molar-refractivity contribution is -0.136. The maximum absolute atomic E-state index is 12.0. The largest absolute Gasteiger partial charge is 0.482 e. The molecular formula is C21H19ClO5. The molecule has 0 N–H and O–H groups in total. The van der Waals surface area contributed by atoms with E-state index in [2.05, 4.69) is 0 Å². The molecule has 0 bridgehead atoms. The Morgan fingerprint density at radius 3 is 2.63 bits per heavy atom. The number of halogens is 1. The van der Waals surface area contributed by atoms with Gasteiger partial charge in [-0.15, -0.1) is 0 Å². The van der Waals surface area contributed by atoms with Crippen molar-refractivity contribution in [3.63, 3.8) is 0 Å². The van der Waals surface area contributed by atoms with E-state index in [1.807, 2.05) is 13.8 Å². The highest BCUT2D eigenvalue weighted by atomic mass is 35.5. The zero-order chi connectivity index (χ0) is 19.4. The van der Waals surface area contributed by atoms with Gasteiger partial charge in [-0.1, -0.05) is 24.9 Å². The number of aryl methyl sites for hydroxylation is 2. The van der Waals surface area contributed by atoms with Gasteiger partial charge in [0.25, 0.3) is 0 Å². The van der Waals surface area contributed by atoms with E-state index in [0.29, 0.717) is 22.1 Å². The van der Waals surface area contributed by atoms with Crippen LogP contribution in [-0.2, 0) is 11.2 Å². The molecule has 5 nitrogen and oxygen atoms in total. The second-order valence-electron chi connectivity index (χ2n) is 6.17. The third-order valence-electron chi connectivity index (χ3n) is 4.04. The normalized spacial score (nSPS) is 10.8. The standard InChI is InChI=1S/C21H19ClO5/c1-3-4-14-10-20(23)27-19-11-16(5-7-17(14)19)26-21(24)12-25-15-6-8-18(22)13(2)9-15/h5-11H,3-4,12H2,1-2H3. The highest BCUT2D eigenvalue weighted by molar-refractivity contribution is 6.31. The van der Waals surface area contributed by atoms with Crippen molar-refractivity contribution in [1.82, 2.24) is 0 Å². The lowest BCUT2D eigenvalue weighted by Crippen LogP contribution is -2.17. The Kier molecular flexibility index (Phi) is 5.81. The highest BCUT2D eigenvalue weighted by Crippen LogP contribution is 2.24. The van der Waals surface area contributed by atoms with Crippen LogP contribution in [0.15, 0.2) is 51.7 Å². The minimum Gasteiger partial charge on any atom is -0.482 e. The monoisotopic (exact) mass is 386 g/mol. The highest BCUT2D eigenvalue weighted by Gasteiger charge is 2.10. The van der Waals surface area contributed by atoms with Crippen LogP contribution in [0.5, 0.6) is 11.5 Å². The van der Waals surface area contributed by atoms with Crippen LogP contribution >= 0.6 is 11.6 Å². The lowest BCUT2D eigenvalue weighted by atomic mass is 10.1. The van der Waals surface area contributed by atoms with Crippen molar-refractivity contribution in [1.29, 1.82) is 0 Å². The van der Waals surface area contributed by atoms with Gasteiger partial charge in [0.1, 0.15) is 17.1 Å². The topological polar surface area (TPSA) is 65.7 Å². The second-order valence-corrected chi connectivity index (χ2v) is 6.58. The summed E-state index contributed by atoms with van der Waals surface area (Å²) >= 11 is 5.96. The predicted molar refractivity (Wildman–Crippen MR) is 104 cm³/mol. The molecule has 0 fully saturated rings. The molecule has 0 radical (unpaired) electrons. The molecule has 0 aliphatic carbocycles. The van der Waals surface area contributed by atoms with Crippen LogP contribution in [0.4, 0.5) is 0 Å². The van der Waals surface area contributed by atoms with Gasteiger partial charge in [0, 0.05) is 22.5 Å². The molecule has 0 saturated heterocycles. The Hall–Kier alpha value is -2.79. The quantitative estimate of drug-likeness (QED) is 0.349. The Bertz CT molecular complexity index is 1040. The minimum absolute atomic E-state index is 0.251. The molecule has 0 amide bonds. The summed E-state index contributed by atoms with van der Waals surface area (Å²) in [6.07, 6.45) is 1.69. The summed E-state index contributed by atoms with van der Waals surface area (Å²) in [7, 11) is 0. The second kappa shape index (κ2) is 8.27. The summed E-state index contributed by atoms with van der Waals surface area (Å²) in [5.41, 5.74) is 1.75. The van der Waals surface area contributed by atoms with Gasteiger partial charge in [0.15, 0.2) is 6.61 Å². The number of carbonyl (C=O) groups is 1. The maximum Gasteiger partial charge on any atom is 0.349 e. The van der Waals surface area contributed by atoms with Crippen molar-refractivity contribution in [2.24, 2.45) is 0 Å². The van der Waals surface area contributed by atoms with Crippen LogP contribution in [0.25, 0.3) is 11.0 Å². The summed E-state index contributed by atoms with van der Waals surface area (Å²) in [4.78, 5) is 23.8. The van der Waals surface area contributed by atoms with Crippen LogP contribution in [0, 0.1) is 6.92 Å². The molecule has 6 heteroatoms. The number of esters is 1. The fraction of sp³-hybridized carbons (Fsp3) is 0.238. The Balaban J connectivity index is 1.71. The number of ether oxygens (including phenoxy) is 2. The van der Waals surface area contributed by atoms with Crippen molar-refractivity contribution in [3.8, 4) is 11.5 Å². The average Bonchev–Trinajstić information content (AvgIpc) is 2.62. The van der Waals surface area contributed by atoms with E-state index >= 15 is 0 Å². The van der Waals surface area contributed by atoms with Crippen molar-refractivity contribution < 1.29 is 18.7 Å². The molecule has 3 rings (SSSR count). The fourth-order valence-electron chi connectivity index (χ4n) is 2.76. The number of hydrogen-bond donors (Lipinski definition) is 0. The van der Waals surface area contributed by atoms with Gasteiger partial charge in [-0.05, 0) is 54.8 Å². The summed E-state index contributed by atoms with van der Waals surface area (Å²) in [6.45, 7) is 3.64. The van der Waals surface area contributed by atoms with E-state index in [-0.39, 0.29) is 6.61 Å². The molecule has 27 heavy (non-hydrogen) atoms. The number of fused-ring (bicyclic) bond motifs is 1. The molecule has 140 valence electrons. The molecule has 1 heterocycles. The summed E-state index contributed by atoms with van der Waals surface area (Å²) in [5.74, 6) is 0.261. The molecular weight excluding hydrogens is 368 g/mol. The molecule has 0 aliphatic heterocycles. The molecule has 0 aliphatic rings. The van der Waals surface area contributed by atoms with Crippen LogP contribution < -0.4 is 15.1 Å². The van der Waals surface area contributed by atoms with Gasteiger partial charge in [-0.3, -0.25) is 0 Å². The molecule has 0 unspecified atom stereocenters. The number of hydrogen-bond acceptors (Lipinski definition) is 5.